The number of hydrogen-bond donors (Lipinski definition) is 0. The van der Waals surface area contributed by atoms with Gasteiger partial charge >= 0.3 is 0 Å². The fraction of sp³-hybridized carbons (Fsp3) is 0. The van der Waals surface area contributed by atoms with E-state index >= 15 is 0 Å². The lowest BCUT2D eigenvalue weighted by Crippen LogP contribution is -2.10. The zero-order chi connectivity index (χ0) is 25.3. The quantitative estimate of drug-likeness (QED) is 0.241. The zero-order valence-corrected chi connectivity index (χ0v) is 20.7. The zero-order valence-electron chi connectivity index (χ0n) is 20.7. The molecule has 0 saturated carbocycles. The summed E-state index contributed by atoms with van der Waals surface area (Å²) in [4.78, 5) is 6.85. The third kappa shape index (κ3) is 3.91. The second kappa shape index (κ2) is 9.38. The number of nitrogens with zero attached hydrogens (tertiary/aromatic N) is 2. The largest absolute Gasteiger partial charge is 0.452 e. The molecule has 7 rings (SSSR count). The lowest BCUT2D eigenvalue weighted by Gasteiger charge is -2.26. The molecule has 0 amide bonds. The Labute approximate surface area is 221 Å². The minimum atomic E-state index is 0.786. The molecule has 0 saturated heterocycles. The first-order valence-electron chi connectivity index (χ1n) is 12.7. The van der Waals surface area contributed by atoms with Crippen molar-refractivity contribution in [2.45, 2.75) is 0 Å². The molecule has 180 valence electrons. The topological polar surface area (TPSA) is 29.3 Å². The molecule has 0 aliphatic heterocycles. The average Bonchev–Trinajstić information content (AvgIpc) is 3.39. The van der Waals surface area contributed by atoms with Crippen molar-refractivity contribution in [3.05, 3.63) is 146 Å². The van der Waals surface area contributed by atoms with E-state index < -0.39 is 0 Å². The summed E-state index contributed by atoms with van der Waals surface area (Å²) in [7, 11) is 0. The fourth-order valence-corrected chi connectivity index (χ4v) is 5.07. The molecule has 0 aliphatic carbocycles. The first-order valence-corrected chi connectivity index (χ1v) is 12.7. The van der Waals surface area contributed by atoms with Crippen LogP contribution in [0.15, 0.2) is 150 Å². The second-order valence-electron chi connectivity index (χ2n) is 9.27. The molecule has 3 nitrogen and oxygen atoms in total. The summed E-state index contributed by atoms with van der Waals surface area (Å²) in [5.74, 6) is 0. The van der Waals surface area contributed by atoms with Crippen LogP contribution in [0.1, 0.15) is 0 Å². The highest BCUT2D eigenvalue weighted by Crippen LogP contribution is 2.42. The summed E-state index contributed by atoms with van der Waals surface area (Å²) in [5.41, 5.74) is 10.3. The van der Waals surface area contributed by atoms with Gasteiger partial charge in [0.05, 0.1) is 5.69 Å². The Morgan fingerprint density at radius 3 is 1.61 bits per heavy atom. The van der Waals surface area contributed by atoms with Crippen LogP contribution < -0.4 is 4.90 Å². The molecule has 0 N–H and O–H groups in total. The van der Waals surface area contributed by atoms with Gasteiger partial charge in [-0.05, 0) is 70.8 Å². The predicted octanol–water partition coefficient (Wildman–Crippen LogP) is 9.78. The molecule has 3 heteroatoms. The molecule has 38 heavy (non-hydrogen) atoms. The van der Waals surface area contributed by atoms with Crippen LogP contribution in [-0.4, -0.2) is 4.98 Å². The van der Waals surface area contributed by atoms with Crippen molar-refractivity contribution in [1.82, 2.24) is 4.98 Å². The smallest absolute Gasteiger partial charge is 0.161 e. The Morgan fingerprint density at radius 1 is 0.474 bits per heavy atom. The van der Waals surface area contributed by atoms with Gasteiger partial charge < -0.3 is 9.32 Å². The van der Waals surface area contributed by atoms with E-state index in [9.17, 15) is 0 Å². The summed E-state index contributed by atoms with van der Waals surface area (Å²) in [6.45, 7) is 0. The van der Waals surface area contributed by atoms with Gasteiger partial charge in [0, 0.05) is 23.0 Å². The van der Waals surface area contributed by atoms with Gasteiger partial charge in [0.2, 0.25) is 0 Å². The predicted molar refractivity (Wildman–Crippen MR) is 157 cm³/mol. The summed E-state index contributed by atoms with van der Waals surface area (Å²) < 4.78 is 6.39. The maximum absolute atomic E-state index is 6.39. The first kappa shape index (κ1) is 22.1. The Kier molecular flexibility index (Phi) is 5.45. The van der Waals surface area contributed by atoms with Crippen molar-refractivity contribution in [2.24, 2.45) is 0 Å². The standard InChI is InChI=1S/C35H24N2O/c1-3-9-25(10-4-1)27-16-20-29(21-17-27)37(30-22-18-28(19-23-30)26-11-5-2-6-12-26)32-14-7-13-31-34-33(38-35(31)32)15-8-24-36-34/h1-24H. The summed E-state index contributed by atoms with van der Waals surface area (Å²) in [5, 5.41) is 1.00. The first-order chi connectivity index (χ1) is 18.8. The molecule has 2 heterocycles. The maximum Gasteiger partial charge on any atom is 0.161 e. The third-order valence-electron chi connectivity index (χ3n) is 6.94. The van der Waals surface area contributed by atoms with E-state index in [-0.39, 0.29) is 0 Å². The van der Waals surface area contributed by atoms with Crippen molar-refractivity contribution < 1.29 is 4.42 Å². The lowest BCUT2D eigenvalue weighted by atomic mass is 10.0. The van der Waals surface area contributed by atoms with Crippen LogP contribution >= 0.6 is 0 Å². The number of benzene rings is 5. The van der Waals surface area contributed by atoms with Gasteiger partial charge in [-0.15, -0.1) is 0 Å². The summed E-state index contributed by atoms with van der Waals surface area (Å²) >= 11 is 0. The van der Waals surface area contributed by atoms with Crippen LogP contribution in [0, 0.1) is 0 Å². The van der Waals surface area contributed by atoms with E-state index in [0.29, 0.717) is 0 Å². The van der Waals surface area contributed by atoms with Gasteiger partial charge in [0.15, 0.2) is 11.2 Å². The van der Waals surface area contributed by atoms with Crippen LogP contribution in [0.25, 0.3) is 44.3 Å². The number of furan rings is 1. The van der Waals surface area contributed by atoms with Gasteiger partial charge in [-0.3, -0.25) is 4.98 Å². The fourth-order valence-electron chi connectivity index (χ4n) is 5.07. The Morgan fingerprint density at radius 2 is 1.03 bits per heavy atom. The lowest BCUT2D eigenvalue weighted by molar-refractivity contribution is 0.668. The van der Waals surface area contributed by atoms with Crippen molar-refractivity contribution in [1.29, 1.82) is 0 Å². The Hall–Kier alpha value is -5.15. The van der Waals surface area contributed by atoms with Gasteiger partial charge in [0.25, 0.3) is 0 Å². The van der Waals surface area contributed by atoms with E-state index in [1.165, 1.54) is 22.3 Å². The molecule has 0 fully saturated rings. The SMILES string of the molecule is c1ccc(-c2ccc(N(c3ccc(-c4ccccc4)cc3)c3cccc4c3oc3cccnc34)cc2)cc1. The second-order valence-corrected chi connectivity index (χ2v) is 9.27. The van der Waals surface area contributed by atoms with Crippen LogP contribution in [0.3, 0.4) is 0 Å². The number of rotatable bonds is 5. The number of fused-ring (bicyclic) bond motifs is 3. The highest BCUT2D eigenvalue weighted by atomic mass is 16.3. The van der Waals surface area contributed by atoms with E-state index in [1.54, 1.807) is 0 Å². The normalized spacial score (nSPS) is 11.2. The minimum absolute atomic E-state index is 0.786. The summed E-state index contributed by atoms with van der Waals surface area (Å²) in [6.07, 6.45) is 1.81. The number of anilines is 3. The monoisotopic (exact) mass is 488 g/mol. The van der Waals surface area contributed by atoms with E-state index in [4.69, 9.17) is 4.42 Å². The van der Waals surface area contributed by atoms with Gasteiger partial charge in [-0.25, -0.2) is 0 Å². The highest BCUT2D eigenvalue weighted by Gasteiger charge is 2.19. The van der Waals surface area contributed by atoms with Crippen LogP contribution in [0.5, 0.6) is 0 Å². The Bertz CT molecular complexity index is 1760. The molecule has 0 atom stereocenters. The molecule has 0 bridgehead atoms. The molecule has 0 unspecified atom stereocenters. The number of aromatic nitrogens is 1. The third-order valence-corrected chi connectivity index (χ3v) is 6.94. The molecule has 0 spiro atoms. The molecular weight excluding hydrogens is 464 g/mol. The highest BCUT2D eigenvalue weighted by molar-refractivity contribution is 6.08. The van der Waals surface area contributed by atoms with Crippen molar-refractivity contribution >= 4 is 39.1 Å². The van der Waals surface area contributed by atoms with Crippen molar-refractivity contribution in [3.8, 4) is 22.3 Å². The van der Waals surface area contributed by atoms with Crippen molar-refractivity contribution in [2.75, 3.05) is 4.90 Å². The molecule has 5 aromatic carbocycles. The van der Waals surface area contributed by atoms with Crippen LogP contribution in [0.2, 0.25) is 0 Å². The van der Waals surface area contributed by atoms with Gasteiger partial charge in [0.1, 0.15) is 5.52 Å². The van der Waals surface area contributed by atoms with Crippen molar-refractivity contribution in [3.63, 3.8) is 0 Å². The van der Waals surface area contributed by atoms with E-state index in [2.05, 4.69) is 125 Å². The summed E-state index contributed by atoms with van der Waals surface area (Å²) in [6, 6.07) is 48.5. The van der Waals surface area contributed by atoms with E-state index in [1.807, 2.05) is 30.5 Å². The number of para-hydroxylation sites is 1. The molecule has 0 aliphatic rings. The average molecular weight is 489 g/mol. The van der Waals surface area contributed by atoms with Gasteiger partial charge in [-0.2, -0.15) is 0 Å². The van der Waals surface area contributed by atoms with Crippen LogP contribution in [-0.2, 0) is 0 Å². The van der Waals surface area contributed by atoms with Crippen LogP contribution in [0.4, 0.5) is 17.1 Å². The Balaban J connectivity index is 1.39. The minimum Gasteiger partial charge on any atom is -0.452 e. The molecule has 2 aromatic heterocycles. The molecular formula is C35H24N2O. The van der Waals surface area contributed by atoms with E-state index in [0.717, 1.165) is 39.1 Å². The van der Waals surface area contributed by atoms with Gasteiger partial charge in [-0.1, -0.05) is 91.0 Å². The molecule has 0 radical (unpaired) electrons. The number of pyridine rings is 1. The maximum atomic E-state index is 6.39. The number of hydrogen-bond acceptors (Lipinski definition) is 3. The molecule has 7 aromatic rings.